The van der Waals surface area contributed by atoms with E-state index in [1.54, 1.807) is 0 Å². The number of carbonyl (C=O) groups excluding carboxylic acids is 2. The van der Waals surface area contributed by atoms with Crippen molar-refractivity contribution in [2.45, 2.75) is 57.9 Å². The van der Waals surface area contributed by atoms with E-state index in [0.717, 1.165) is 18.4 Å². The molecule has 5 heteroatoms. The number of rotatable bonds is 4. The highest BCUT2D eigenvalue weighted by Gasteiger charge is 2.17. The molecule has 0 aliphatic heterocycles. The third-order valence-corrected chi connectivity index (χ3v) is 4.85. The first-order valence-corrected chi connectivity index (χ1v) is 8.55. The predicted molar refractivity (Wildman–Crippen MR) is 83.6 cm³/mol. The number of thiophene rings is 1. The zero-order valence-corrected chi connectivity index (χ0v) is 13.3. The molecule has 1 aliphatic carbocycles. The van der Waals surface area contributed by atoms with Gasteiger partial charge in [0.15, 0.2) is 6.61 Å². The fraction of sp³-hybridized carbons (Fsp3) is 0.625. The molecule has 0 bridgehead atoms. The van der Waals surface area contributed by atoms with Crippen LogP contribution in [-0.4, -0.2) is 24.5 Å². The number of hydrogen-bond donors (Lipinski definition) is 1. The van der Waals surface area contributed by atoms with Crippen molar-refractivity contribution < 1.29 is 14.3 Å². The Hall–Kier alpha value is -1.36. The monoisotopic (exact) mass is 309 g/mol. The van der Waals surface area contributed by atoms with Gasteiger partial charge in [0, 0.05) is 6.04 Å². The van der Waals surface area contributed by atoms with Crippen LogP contribution in [0.3, 0.4) is 0 Å². The van der Waals surface area contributed by atoms with Crippen molar-refractivity contribution in [3.05, 3.63) is 21.9 Å². The van der Waals surface area contributed by atoms with Gasteiger partial charge in [-0.05, 0) is 36.8 Å². The molecule has 1 saturated carbocycles. The van der Waals surface area contributed by atoms with Crippen molar-refractivity contribution in [3.63, 3.8) is 0 Å². The molecule has 0 saturated heterocycles. The summed E-state index contributed by atoms with van der Waals surface area (Å²) in [5, 5.41) is 4.84. The first kappa shape index (κ1) is 16.0. The van der Waals surface area contributed by atoms with Crippen LogP contribution in [0.1, 0.15) is 60.2 Å². The number of ether oxygens (including phenoxy) is 1. The lowest BCUT2D eigenvalue weighted by molar-refractivity contribution is -0.125. The molecule has 1 fully saturated rings. The quantitative estimate of drug-likeness (QED) is 0.867. The lowest BCUT2D eigenvalue weighted by atomic mass is 9.97. The largest absolute Gasteiger partial charge is 0.451 e. The molecule has 1 aliphatic rings. The van der Waals surface area contributed by atoms with Gasteiger partial charge in [-0.15, -0.1) is 11.3 Å². The van der Waals surface area contributed by atoms with Crippen LogP contribution in [-0.2, 0) is 9.53 Å². The van der Waals surface area contributed by atoms with E-state index in [2.05, 4.69) is 5.32 Å². The van der Waals surface area contributed by atoms with E-state index in [1.165, 1.54) is 43.4 Å². The molecule has 0 unspecified atom stereocenters. The molecule has 1 aromatic heterocycles. The number of esters is 1. The van der Waals surface area contributed by atoms with Crippen LogP contribution in [0.2, 0.25) is 0 Å². The summed E-state index contributed by atoms with van der Waals surface area (Å²) in [6.07, 6.45) is 8.20. The summed E-state index contributed by atoms with van der Waals surface area (Å²) in [4.78, 5) is 24.3. The van der Waals surface area contributed by atoms with Gasteiger partial charge < -0.3 is 10.1 Å². The third kappa shape index (κ3) is 5.16. The van der Waals surface area contributed by atoms with Gasteiger partial charge in [-0.2, -0.15) is 0 Å². The second-order valence-corrected chi connectivity index (χ2v) is 6.53. The highest BCUT2D eigenvalue weighted by Crippen LogP contribution is 2.18. The van der Waals surface area contributed by atoms with Crippen molar-refractivity contribution in [3.8, 4) is 0 Å². The van der Waals surface area contributed by atoms with Gasteiger partial charge in [0.1, 0.15) is 4.88 Å². The first-order valence-electron chi connectivity index (χ1n) is 7.67. The molecule has 116 valence electrons. The molecule has 2 rings (SSSR count). The van der Waals surface area contributed by atoms with Crippen molar-refractivity contribution in [2.75, 3.05) is 6.61 Å². The first-order chi connectivity index (χ1) is 10.2. The Morgan fingerprint density at radius 2 is 1.90 bits per heavy atom. The fourth-order valence-electron chi connectivity index (χ4n) is 2.65. The zero-order valence-electron chi connectivity index (χ0n) is 12.5. The highest BCUT2D eigenvalue weighted by molar-refractivity contribution is 7.12. The molecule has 0 spiro atoms. The van der Waals surface area contributed by atoms with Crippen molar-refractivity contribution >= 4 is 23.2 Å². The van der Waals surface area contributed by atoms with Crippen molar-refractivity contribution in [2.24, 2.45) is 0 Å². The van der Waals surface area contributed by atoms with E-state index in [9.17, 15) is 9.59 Å². The molecule has 4 nitrogen and oxygen atoms in total. The van der Waals surface area contributed by atoms with Crippen molar-refractivity contribution in [1.82, 2.24) is 5.32 Å². The topological polar surface area (TPSA) is 55.4 Å². The minimum absolute atomic E-state index is 0.188. The van der Waals surface area contributed by atoms with Gasteiger partial charge in [0.25, 0.3) is 5.91 Å². The summed E-state index contributed by atoms with van der Waals surface area (Å²) >= 11 is 1.34. The molecule has 1 aromatic rings. The summed E-state index contributed by atoms with van der Waals surface area (Å²) < 4.78 is 5.09. The summed E-state index contributed by atoms with van der Waals surface area (Å²) in [5.41, 5.74) is 0.894. The Morgan fingerprint density at radius 1 is 1.24 bits per heavy atom. The second kappa shape index (κ2) is 8.17. The Balaban J connectivity index is 1.74. The van der Waals surface area contributed by atoms with Gasteiger partial charge in [-0.25, -0.2) is 4.79 Å². The van der Waals surface area contributed by atoms with E-state index in [4.69, 9.17) is 4.74 Å². The maximum atomic E-state index is 11.9. The minimum atomic E-state index is -0.407. The molecule has 1 N–H and O–H groups in total. The number of nitrogens with one attached hydrogen (secondary N) is 1. The molecule has 0 radical (unpaired) electrons. The standard InChI is InChI=1S/C16H23NO3S/c1-12-9-10-21-15(12)16(19)20-11-14(18)17-13-7-5-3-2-4-6-8-13/h9-10,13H,2-8,11H2,1H3,(H,17,18). The van der Waals surface area contributed by atoms with Gasteiger partial charge in [-0.3, -0.25) is 4.79 Å². The van der Waals surface area contributed by atoms with Crippen LogP contribution >= 0.6 is 11.3 Å². The lowest BCUT2D eigenvalue weighted by Gasteiger charge is -2.20. The molecule has 0 aromatic carbocycles. The number of amides is 1. The smallest absolute Gasteiger partial charge is 0.349 e. The fourth-order valence-corrected chi connectivity index (χ4v) is 3.47. The SMILES string of the molecule is Cc1ccsc1C(=O)OCC(=O)NC1CCCCCCC1. The average Bonchev–Trinajstić information content (AvgIpc) is 2.85. The number of carbonyl (C=O) groups is 2. The molecule has 21 heavy (non-hydrogen) atoms. The summed E-state index contributed by atoms with van der Waals surface area (Å²) in [5.74, 6) is -0.599. The zero-order chi connectivity index (χ0) is 15.1. The van der Waals surface area contributed by atoms with Crippen LogP contribution in [0, 0.1) is 6.92 Å². The second-order valence-electron chi connectivity index (χ2n) is 5.62. The Labute approximate surface area is 129 Å². The number of hydrogen-bond acceptors (Lipinski definition) is 4. The van der Waals surface area contributed by atoms with E-state index >= 15 is 0 Å². The lowest BCUT2D eigenvalue weighted by Crippen LogP contribution is -2.38. The van der Waals surface area contributed by atoms with E-state index in [1.807, 2.05) is 18.4 Å². The molecular formula is C16H23NO3S. The van der Waals surface area contributed by atoms with Crippen LogP contribution < -0.4 is 5.32 Å². The summed E-state index contributed by atoms with van der Waals surface area (Å²) in [7, 11) is 0. The van der Waals surface area contributed by atoms with Crippen LogP contribution in [0.25, 0.3) is 0 Å². The van der Waals surface area contributed by atoms with E-state index < -0.39 is 5.97 Å². The maximum absolute atomic E-state index is 11.9. The Kier molecular flexibility index (Phi) is 6.23. The Bertz CT molecular complexity index is 476. The normalized spacial score (nSPS) is 16.8. The summed E-state index contributed by atoms with van der Waals surface area (Å²) in [6, 6.07) is 2.11. The minimum Gasteiger partial charge on any atom is -0.451 e. The molecule has 0 atom stereocenters. The molecule has 1 amide bonds. The van der Waals surface area contributed by atoms with Crippen LogP contribution in [0.15, 0.2) is 11.4 Å². The maximum Gasteiger partial charge on any atom is 0.349 e. The summed E-state index contributed by atoms with van der Waals surface area (Å²) in [6.45, 7) is 1.67. The van der Waals surface area contributed by atoms with E-state index in [-0.39, 0.29) is 18.6 Å². The van der Waals surface area contributed by atoms with Gasteiger partial charge in [0.05, 0.1) is 0 Å². The van der Waals surface area contributed by atoms with E-state index in [0.29, 0.717) is 4.88 Å². The van der Waals surface area contributed by atoms with Gasteiger partial charge in [0.2, 0.25) is 0 Å². The highest BCUT2D eigenvalue weighted by atomic mass is 32.1. The predicted octanol–water partition coefficient (Wildman–Crippen LogP) is 3.44. The van der Waals surface area contributed by atoms with Gasteiger partial charge >= 0.3 is 5.97 Å². The van der Waals surface area contributed by atoms with Crippen LogP contribution in [0.5, 0.6) is 0 Å². The average molecular weight is 309 g/mol. The Morgan fingerprint density at radius 3 is 2.52 bits per heavy atom. The molecule has 1 heterocycles. The van der Waals surface area contributed by atoms with Gasteiger partial charge in [-0.1, -0.05) is 32.1 Å². The third-order valence-electron chi connectivity index (χ3n) is 3.85. The molecular weight excluding hydrogens is 286 g/mol. The van der Waals surface area contributed by atoms with Crippen molar-refractivity contribution in [1.29, 1.82) is 0 Å². The number of aryl methyl sites for hydroxylation is 1. The van der Waals surface area contributed by atoms with Crippen LogP contribution in [0.4, 0.5) is 0 Å².